The average Bonchev–Trinajstić information content (AvgIpc) is 1.86. The lowest BCUT2D eigenvalue weighted by molar-refractivity contribution is -0.126. The second kappa shape index (κ2) is 5.05. The van der Waals surface area contributed by atoms with E-state index >= 15 is 0 Å². The zero-order valence-electron chi connectivity index (χ0n) is 7.52. The van der Waals surface area contributed by atoms with Gasteiger partial charge in [0.15, 0.2) is 0 Å². The number of rotatable bonds is 5. The van der Waals surface area contributed by atoms with E-state index in [4.69, 9.17) is 0 Å². The van der Waals surface area contributed by atoms with Crippen LogP contribution in [0.15, 0.2) is 0 Å². The minimum atomic E-state index is -0.0301. The van der Waals surface area contributed by atoms with Crippen molar-refractivity contribution in [2.45, 2.75) is 40.0 Å². The van der Waals surface area contributed by atoms with Crippen LogP contribution in [0.4, 0.5) is 0 Å². The maximum atomic E-state index is 10.9. The molecule has 2 nitrogen and oxygen atoms in total. The first-order valence-electron chi connectivity index (χ1n) is 4.07. The molecule has 0 aromatic rings. The van der Waals surface area contributed by atoms with E-state index in [9.17, 15) is 9.59 Å². The van der Waals surface area contributed by atoms with Crippen LogP contribution in [0, 0.1) is 5.92 Å². The fourth-order valence-electron chi connectivity index (χ4n) is 1.14. The van der Waals surface area contributed by atoms with Crippen LogP contribution in [-0.4, -0.2) is 11.6 Å². The van der Waals surface area contributed by atoms with Crippen LogP contribution in [0.2, 0.25) is 0 Å². The molecule has 11 heavy (non-hydrogen) atoms. The molecule has 0 aliphatic rings. The van der Waals surface area contributed by atoms with Gasteiger partial charge < -0.3 is 4.79 Å². The number of Topliss-reactive ketones (excluding diaryl/α,β-unsaturated/α-hetero) is 2. The van der Waals surface area contributed by atoms with E-state index in [0.29, 0.717) is 6.42 Å². The summed E-state index contributed by atoms with van der Waals surface area (Å²) in [4.78, 5) is 21.6. The Morgan fingerprint density at radius 1 is 1.27 bits per heavy atom. The second-order valence-corrected chi connectivity index (χ2v) is 3.00. The predicted octanol–water partition coefficient (Wildman–Crippen LogP) is 1.97. The standard InChI is InChI=1S/C9H16O2/c1-4-5-9(8(3)11)6-7(2)10/h9H,4-6H2,1-3H3. The molecule has 0 aliphatic carbocycles. The summed E-state index contributed by atoms with van der Waals surface area (Å²) in [5.74, 6) is 0.221. The molecule has 0 radical (unpaired) electrons. The minimum Gasteiger partial charge on any atom is -0.300 e. The van der Waals surface area contributed by atoms with Gasteiger partial charge in [0.05, 0.1) is 0 Å². The lowest BCUT2D eigenvalue weighted by Crippen LogP contribution is -2.13. The molecule has 1 unspecified atom stereocenters. The van der Waals surface area contributed by atoms with Crippen LogP contribution < -0.4 is 0 Å². The van der Waals surface area contributed by atoms with E-state index in [1.54, 1.807) is 6.92 Å². The Morgan fingerprint density at radius 3 is 2.09 bits per heavy atom. The maximum Gasteiger partial charge on any atom is 0.133 e. The predicted molar refractivity (Wildman–Crippen MR) is 44.4 cm³/mol. The third-order valence-corrected chi connectivity index (χ3v) is 1.75. The smallest absolute Gasteiger partial charge is 0.133 e. The molecule has 2 heteroatoms. The van der Waals surface area contributed by atoms with Crippen molar-refractivity contribution in [3.05, 3.63) is 0 Å². The number of hydrogen-bond donors (Lipinski definition) is 0. The van der Waals surface area contributed by atoms with Gasteiger partial charge in [-0.2, -0.15) is 0 Å². The molecule has 0 bridgehead atoms. The summed E-state index contributed by atoms with van der Waals surface area (Å²) < 4.78 is 0. The van der Waals surface area contributed by atoms with Crippen LogP contribution >= 0.6 is 0 Å². The first kappa shape index (κ1) is 10.3. The van der Waals surface area contributed by atoms with Crippen LogP contribution in [0.5, 0.6) is 0 Å². The summed E-state index contributed by atoms with van der Waals surface area (Å²) >= 11 is 0. The summed E-state index contributed by atoms with van der Waals surface area (Å²) in [5.41, 5.74) is 0. The van der Waals surface area contributed by atoms with Gasteiger partial charge in [0.25, 0.3) is 0 Å². The van der Waals surface area contributed by atoms with Gasteiger partial charge >= 0.3 is 0 Å². The highest BCUT2D eigenvalue weighted by atomic mass is 16.1. The first-order chi connectivity index (χ1) is 5.07. The molecule has 0 fully saturated rings. The zero-order valence-corrected chi connectivity index (χ0v) is 7.52. The maximum absolute atomic E-state index is 10.9. The van der Waals surface area contributed by atoms with Gasteiger partial charge in [-0.05, 0) is 20.3 Å². The Morgan fingerprint density at radius 2 is 1.82 bits per heavy atom. The summed E-state index contributed by atoms with van der Waals surface area (Å²) in [6, 6.07) is 0. The largest absolute Gasteiger partial charge is 0.300 e. The van der Waals surface area contributed by atoms with Gasteiger partial charge in [-0.1, -0.05) is 13.3 Å². The Bertz CT molecular complexity index is 150. The lowest BCUT2D eigenvalue weighted by atomic mass is 9.94. The van der Waals surface area contributed by atoms with E-state index < -0.39 is 0 Å². The van der Waals surface area contributed by atoms with E-state index in [1.807, 2.05) is 6.92 Å². The molecular formula is C9H16O2. The Kier molecular flexibility index (Phi) is 4.75. The van der Waals surface area contributed by atoms with Gasteiger partial charge in [-0.25, -0.2) is 0 Å². The summed E-state index contributed by atoms with van der Waals surface area (Å²) in [7, 11) is 0. The summed E-state index contributed by atoms with van der Waals surface area (Å²) in [6.07, 6.45) is 2.23. The third kappa shape index (κ3) is 4.71. The number of ketones is 2. The van der Waals surface area contributed by atoms with Crippen molar-refractivity contribution >= 4 is 11.6 Å². The topological polar surface area (TPSA) is 34.1 Å². The molecule has 1 atom stereocenters. The van der Waals surface area contributed by atoms with E-state index in [1.165, 1.54) is 6.92 Å². The van der Waals surface area contributed by atoms with Crippen molar-refractivity contribution < 1.29 is 9.59 Å². The van der Waals surface area contributed by atoms with Crippen molar-refractivity contribution in [3.8, 4) is 0 Å². The fraction of sp³-hybridized carbons (Fsp3) is 0.778. The molecule has 0 aromatic carbocycles. The molecule has 0 spiro atoms. The van der Waals surface area contributed by atoms with Gasteiger partial charge in [0.2, 0.25) is 0 Å². The molecule has 0 saturated carbocycles. The molecule has 0 aliphatic heterocycles. The van der Waals surface area contributed by atoms with Crippen molar-refractivity contribution in [2.24, 2.45) is 5.92 Å². The summed E-state index contributed by atoms with van der Waals surface area (Å²) in [6.45, 7) is 5.12. The van der Waals surface area contributed by atoms with Gasteiger partial charge in [-0.15, -0.1) is 0 Å². The Labute approximate surface area is 68.0 Å². The van der Waals surface area contributed by atoms with Crippen molar-refractivity contribution in [2.75, 3.05) is 0 Å². The van der Waals surface area contributed by atoms with Gasteiger partial charge in [-0.3, -0.25) is 4.79 Å². The molecule has 0 heterocycles. The quantitative estimate of drug-likeness (QED) is 0.609. The van der Waals surface area contributed by atoms with Gasteiger partial charge in [0.1, 0.15) is 11.6 Å². The molecular weight excluding hydrogens is 140 g/mol. The van der Waals surface area contributed by atoms with Crippen LogP contribution in [0.25, 0.3) is 0 Å². The highest BCUT2D eigenvalue weighted by Gasteiger charge is 2.14. The average molecular weight is 156 g/mol. The van der Waals surface area contributed by atoms with E-state index in [2.05, 4.69) is 0 Å². The van der Waals surface area contributed by atoms with Crippen molar-refractivity contribution in [3.63, 3.8) is 0 Å². The number of carbonyl (C=O) groups is 2. The normalized spacial score (nSPS) is 12.6. The van der Waals surface area contributed by atoms with Crippen LogP contribution in [-0.2, 0) is 9.59 Å². The molecule has 0 rings (SSSR count). The minimum absolute atomic E-state index is 0.0301. The van der Waals surface area contributed by atoms with Crippen LogP contribution in [0.1, 0.15) is 40.0 Å². The highest BCUT2D eigenvalue weighted by molar-refractivity contribution is 5.85. The number of carbonyl (C=O) groups excluding carboxylic acids is 2. The molecule has 64 valence electrons. The fourth-order valence-corrected chi connectivity index (χ4v) is 1.14. The van der Waals surface area contributed by atoms with Crippen LogP contribution in [0.3, 0.4) is 0 Å². The first-order valence-corrected chi connectivity index (χ1v) is 4.07. The van der Waals surface area contributed by atoms with Gasteiger partial charge in [0, 0.05) is 12.3 Å². The number of hydrogen-bond acceptors (Lipinski definition) is 2. The molecule has 0 aromatic heterocycles. The van der Waals surface area contributed by atoms with Crippen molar-refractivity contribution in [1.29, 1.82) is 0 Å². The Balaban J connectivity index is 3.89. The van der Waals surface area contributed by atoms with Crippen molar-refractivity contribution in [1.82, 2.24) is 0 Å². The van der Waals surface area contributed by atoms with E-state index in [-0.39, 0.29) is 17.5 Å². The molecule has 0 amide bonds. The summed E-state index contributed by atoms with van der Waals surface area (Å²) in [5, 5.41) is 0. The monoisotopic (exact) mass is 156 g/mol. The lowest BCUT2D eigenvalue weighted by Gasteiger charge is -2.09. The van der Waals surface area contributed by atoms with E-state index in [0.717, 1.165) is 12.8 Å². The highest BCUT2D eigenvalue weighted by Crippen LogP contribution is 2.12. The molecule has 0 N–H and O–H groups in total. The zero-order chi connectivity index (χ0) is 8.85. The molecule has 0 saturated heterocycles. The SMILES string of the molecule is CCCC(CC(C)=O)C(C)=O. The second-order valence-electron chi connectivity index (χ2n) is 3.00. The Hall–Kier alpha value is -0.660. The third-order valence-electron chi connectivity index (χ3n) is 1.75.